The lowest BCUT2D eigenvalue weighted by atomic mass is 9.90. The number of carbonyl (C=O) groups is 1. The first-order chi connectivity index (χ1) is 12.3. The Morgan fingerprint density at radius 2 is 1.96 bits per heavy atom. The van der Waals surface area contributed by atoms with Gasteiger partial charge < -0.3 is 16.0 Å². The molecule has 1 atom stereocenters. The molecular weight excluding hydrogens is 346 g/mol. The third-order valence-electron chi connectivity index (χ3n) is 4.24. The topological polar surface area (TPSA) is 121 Å². The molecule has 136 valence electrons. The zero-order chi connectivity index (χ0) is 18.8. The molecule has 1 aliphatic carbocycles. The fourth-order valence-electron chi connectivity index (χ4n) is 2.86. The number of amides is 1. The lowest BCUT2D eigenvalue weighted by Crippen LogP contribution is -2.39. The van der Waals surface area contributed by atoms with Crippen LogP contribution >= 0.6 is 0 Å². The highest BCUT2D eigenvalue weighted by molar-refractivity contribution is 5.97. The number of benzene rings is 1. The van der Waals surface area contributed by atoms with Crippen LogP contribution < -0.4 is 22.3 Å². The lowest BCUT2D eigenvalue weighted by Gasteiger charge is -2.23. The van der Waals surface area contributed by atoms with E-state index in [4.69, 9.17) is 5.73 Å². The molecular formula is C17H16F2N4O3. The van der Waals surface area contributed by atoms with Crippen LogP contribution in [-0.2, 0) is 0 Å². The van der Waals surface area contributed by atoms with Crippen molar-refractivity contribution in [3.05, 3.63) is 68.0 Å². The number of hydrogen-bond acceptors (Lipinski definition) is 4. The summed E-state index contributed by atoms with van der Waals surface area (Å²) in [6.07, 6.45) is 3.42. The number of allylic oxidation sites excluding steroid dienone is 1. The molecule has 0 aliphatic heterocycles. The second-order valence-electron chi connectivity index (χ2n) is 6.00. The van der Waals surface area contributed by atoms with Gasteiger partial charge in [0.05, 0.1) is 0 Å². The van der Waals surface area contributed by atoms with Crippen molar-refractivity contribution in [2.45, 2.75) is 25.3 Å². The van der Waals surface area contributed by atoms with Crippen molar-refractivity contribution in [2.24, 2.45) is 0 Å². The number of carbonyl (C=O) groups excluding carboxylic acids is 1. The summed E-state index contributed by atoms with van der Waals surface area (Å²) in [6, 6.07) is 3.48. The van der Waals surface area contributed by atoms with Gasteiger partial charge in [-0.1, -0.05) is 12.1 Å². The van der Waals surface area contributed by atoms with Crippen molar-refractivity contribution < 1.29 is 13.6 Å². The molecule has 3 rings (SSSR count). The molecule has 0 radical (unpaired) electrons. The predicted octanol–water partition coefficient (Wildman–Crippen LogP) is 1.29. The van der Waals surface area contributed by atoms with E-state index in [0.29, 0.717) is 24.8 Å². The molecule has 1 aromatic heterocycles. The Bertz CT molecular complexity index is 1010. The monoisotopic (exact) mass is 362 g/mol. The van der Waals surface area contributed by atoms with Crippen molar-refractivity contribution in [2.75, 3.05) is 5.73 Å². The van der Waals surface area contributed by atoms with Gasteiger partial charge in [0.1, 0.15) is 11.4 Å². The quantitative estimate of drug-likeness (QED) is 0.657. The third-order valence-corrected chi connectivity index (χ3v) is 4.24. The summed E-state index contributed by atoms with van der Waals surface area (Å²) in [6.45, 7) is 0. The van der Waals surface area contributed by atoms with Gasteiger partial charge in [0, 0.05) is 6.04 Å². The molecule has 0 saturated carbocycles. The Morgan fingerprint density at radius 1 is 1.19 bits per heavy atom. The molecule has 1 aromatic carbocycles. The van der Waals surface area contributed by atoms with Crippen LogP contribution in [0.15, 0.2) is 33.9 Å². The van der Waals surface area contributed by atoms with Crippen LogP contribution in [-0.4, -0.2) is 21.9 Å². The lowest BCUT2D eigenvalue weighted by molar-refractivity contribution is 0.0930. The zero-order valence-electron chi connectivity index (χ0n) is 13.6. The number of anilines is 1. The molecule has 0 bridgehead atoms. The zero-order valence-corrected chi connectivity index (χ0v) is 13.6. The van der Waals surface area contributed by atoms with Gasteiger partial charge in [-0.25, -0.2) is 13.6 Å². The molecule has 2 aromatic rings. The Morgan fingerprint density at radius 3 is 2.62 bits per heavy atom. The Kier molecular flexibility index (Phi) is 4.70. The van der Waals surface area contributed by atoms with Gasteiger partial charge in [-0.2, -0.15) is 0 Å². The van der Waals surface area contributed by atoms with E-state index in [0.717, 1.165) is 17.7 Å². The maximum atomic E-state index is 13.3. The summed E-state index contributed by atoms with van der Waals surface area (Å²) in [4.78, 5) is 39.1. The Hall–Kier alpha value is -3.23. The number of aromatic nitrogens is 2. The molecule has 0 spiro atoms. The molecule has 1 amide bonds. The van der Waals surface area contributed by atoms with Crippen LogP contribution in [0.25, 0.3) is 5.57 Å². The molecule has 0 fully saturated rings. The smallest absolute Gasteiger partial charge is 0.326 e. The largest absolute Gasteiger partial charge is 0.392 e. The van der Waals surface area contributed by atoms with E-state index in [1.165, 1.54) is 6.07 Å². The summed E-state index contributed by atoms with van der Waals surface area (Å²) in [5.74, 6) is -2.47. The summed E-state index contributed by atoms with van der Waals surface area (Å²) < 4.78 is 26.4. The average molecular weight is 362 g/mol. The second-order valence-corrected chi connectivity index (χ2v) is 6.00. The van der Waals surface area contributed by atoms with E-state index in [-0.39, 0.29) is 17.4 Å². The van der Waals surface area contributed by atoms with Crippen molar-refractivity contribution in [1.82, 2.24) is 15.3 Å². The number of nitrogens with two attached hydrogens (primary N) is 1. The fraction of sp³-hybridized carbons (Fsp3) is 0.235. The van der Waals surface area contributed by atoms with Gasteiger partial charge in [0.15, 0.2) is 11.6 Å². The second kappa shape index (κ2) is 6.95. The summed E-state index contributed by atoms with van der Waals surface area (Å²) in [5, 5.41) is 2.70. The number of H-pyrrole nitrogens is 2. The first-order valence-electron chi connectivity index (χ1n) is 7.92. The van der Waals surface area contributed by atoms with Gasteiger partial charge in [0.25, 0.3) is 11.5 Å². The maximum Gasteiger partial charge on any atom is 0.326 e. The molecule has 0 saturated heterocycles. The highest BCUT2D eigenvalue weighted by Crippen LogP contribution is 2.28. The van der Waals surface area contributed by atoms with Crippen LogP contribution in [0.2, 0.25) is 0 Å². The first kappa shape index (κ1) is 17.6. The van der Waals surface area contributed by atoms with Crippen molar-refractivity contribution in [1.29, 1.82) is 0 Å². The van der Waals surface area contributed by atoms with Crippen molar-refractivity contribution >= 4 is 17.2 Å². The number of halogens is 2. The van der Waals surface area contributed by atoms with E-state index in [2.05, 4.69) is 10.3 Å². The van der Waals surface area contributed by atoms with Crippen molar-refractivity contribution in [3.63, 3.8) is 0 Å². The van der Waals surface area contributed by atoms with Crippen LogP contribution in [0, 0.1) is 11.6 Å². The highest BCUT2D eigenvalue weighted by Gasteiger charge is 2.21. The number of aromatic amines is 2. The van der Waals surface area contributed by atoms with Crippen LogP contribution in [0.4, 0.5) is 14.5 Å². The van der Waals surface area contributed by atoms with Crippen LogP contribution in [0.3, 0.4) is 0 Å². The summed E-state index contributed by atoms with van der Waals surface area (Å²) in [5.41, 5.74) is 4.68. The minimum absolute atomic E-state index is 0.237. The first-order valence-corrected chi connectivity index (χ1v) is 7.92. The molecule has 1 aliphatic rings. The predicted molar refractivity (Wildman–Crippen MR) is 91.5 cm³/mol. The van der Waals surface area contributed by atoms with E-state index in [1.54, 1.807) is 0 Å². The summed E-state index contributed by atoms with van der Waals surface area (Å²) >= 11 is 0. The SMILES string of the molecule is Nc1c(C(=O)NC2CC=C(c3ccc(F)c(F)c3)CC2)[nH]c(=O)[nH]c1=O. The number of nitrogens with one attached hydrogen (secondary N) is 3. The van der Waals surface area contributed by atoms with Gasteiger partial charge in [-0.05, 0) is 42.5 Å². The minimum atomic E-state index is -0.910. The van der Waals surface area contributed by atoms with Gasteiger partial charge in [-0.3, -0.25) is 14.6 Å². The number of nitrogen functional groups attached to an aromatic ring is 1. The molecule has 9 heteroatoms. The van der Waals surface area contributed by atoms with E-state index < -0.39 is 28.8 Å². The van der Waals surface area contributed by atoms with E-state index in [9.17, 15) is 23.2 Å². The molecule has 1 unspecified atom stereocenters. The van der Waals surface area contributed by atoms with E-state index in [1.807, 2.05) is 11.1 Å². The highest BCUT2D eigenvalue weighted by atomic mass is 19.2. The average Bonchev–Trinajstić information content (AvgIpc) is 2.61. The molecule has 1 heterocycles. The fourth-order valence-corrected chi connectivity index (χ4v) is 2.86. The molecule has 5 N–H and O–H groups in total. The van der Waals surface area contributed by atoms with Crippen LogP contribution in [0.1, 0.15) is 35.3 Å². The van der Waals surface area contributed by atoms with E-state index >= 15 is 0 Å². The van der Waals surface area contributed by atoms with Crippen LogP contribution in [0.5, 0.6) is 0 Å². The molecule has 26 heavy (non-hydrogen) atoms. The maximum absolute atomic E-state index is 13.3. The van der Waals surface area contributed by atoms with Gasteiger partial charge >= 0.3 is 5.69 Å². The van der Waals surface area contributed by atoms with Crippen molar-refractivity contribution in [3.8, 4) is 0 Å². The van der Waals surface area contributed by atoms with Gasteiger partial charge in [-0.15, -0.1) is 0 Å². The normalized spacial score (nSPS) is 16.8. The Labute approximate surface area is 145 Å². The minimum Gasteiger partial charge on any atom is -0.392 e. The third kappa shape index (κ3) is 3.56. The standard InChI is InChI=1S/C17H16F2N4O3/c18-11-6-3-9(7-12(11)19)8-1-4-10(5-2-8)21-16(25)14-13(20)15(24)23-17(26)22-14/h1,3,6-7,10H,2,4-5,20H2,(H,21,25)(H2,22,23,24,26). The Balaban J connectivity index is 1.71. The number of hydrogen-bond donors (Lipinski definition) is 4. The number of rotatable bonds is 3. The molecule has 7 nitrogen and oxygen atoms in total. The van der Waals surface area contributed by atoms with Gasteiger partial charge in [0.2, 0.25) is 0 Å². The summed E-state index contributed by atoms with van der Waals surface area (Å²) in [7, 11) is 0.